The van der Waals surface area contributed by atoms with Crippen molar-refractivity contribution in [1.82, 2.24) is 10.2 Å². The molecule has 0 radical (unpaired) electrons. The van der Waals surface area contributed by atoms with Crippen LogP contribution >= 0.6 is 0 Å². The molecule has 18 heavy (non-hydrogen) atoms. The number of H-pyrrole nitrogens is 1. The molecule has 0 unspecified atom stereocenters. The Balaban J connectivity index is 1.86. The van der Waals surface area contributed by atoms with Crippen molar-refractivity contribution in [2.45, 2.75) is 0 Å². The van der Waals surface area contributed by atoms with Crippen molar-refractivity contribution in [3.63, 3.8) is 0 Å². The molecule has 0 saturated heterocycles. The lowest BCUT2D eigenvalue weighted by molar-refractivity contribution is 0.102. The smallest absolute Gasteiger partial charge is 0.255 e. The van der Waals surface area contributed by atoms with Crippen LogP contribution in [0.5, 0.6) is 0 Å². The summed E-state index contributed by atoms with van der Waals surface area (Å²) in [6.07, 6.45) is 1.75. The molecular weight excluding hydrogens is 226 g/mol. The van der Waals surface area contributed by atoms with Crippen LogP contribution < -0.4 is 5.32 Å². The Kier molecular flexibility index (Phi) is 2.53. The third-order valence-corrected chi connectivity index (χ3v) is 2.74. The van der Waals surface area contributed by atoms with Gasteiger partial charge in [0.2, 0.25) is 0 Å². The molecule has 0 bridgehead atoms. The molecule has 2 aromatic carbocycles. The fourth-order valence-electron chi connectivity index (χ4n) is 1.81. The number of hydrogen-bond donors (Lipinski definition) is 2. The summed E-state index contributed by atoms with van der Waals surface area (Å²) in [5.74, 6) is -0.116. The minimum atomic E-state index is -0.116. The quantitative estimate of drug-likeness (QED) is 0.720. The first-order chi connectivity index (χ1) is 8.83. The largest absolute Gasteiger partial charge is 0.322 e. The molecule has 4 heteroatoms. The van der Waals surface area contributed by atoms with E-state index in [1.54, 1.807) is 18.3 Å². The first-order valence-electron chi connectivity index (χ1n) is 5.62. The van der Waals surface area contributed by atoms with Gasteiger partial charge in [0.1, 0.15) is 0 Å². The summed E-state index contributed by atoms with van der Waals surface area (Å²) in [6.45, 7) is 0. The minimum Gasteiger partial charge on any atom is -0.322 e. The lowest BCUT2D eigenvalue weighted by Crippen LogP contribution is -2.11. The molecule has 0 aliphatic heterocycles. The highest BCUT2D eigenvalue weighted by atomic mass is 16.1. The van der Waals surface area contributed by atoms with Gasteiger partial charge in [-0.2, -0.15) is 5.10 Å². The molecule has 2 N–H and O–H groups in total. The van der Waals surface area contributed by atoms with Gasteiger partial charge in [-0.3, -0.25) is 9.89 Å². The molecule has 88 valence electrons. The molecule has 0 saturated carbocycles. The highest BCUT2D eigenvalue weighted by Crippen LogP contribution is 2.17. The summed E-state index contributed by atoms with van der Waals surface area (Å²) in [5, 5.41) is 10.7. The highest BCUT2D eigenvalue weighted by Gasteiger charge is 2.05. The number of benzene rings is 2. The molecule has 4 nitrogen and oxygen atoms in total. The van der Waals surface area contributed by atoms with Crippen molar-refractivity contribution in [1.29, 1.82) is 0 Å². The van der Waals surface area contributed by atoms with E-state index in [1.165, 1.54) is 0 Å². The number of aromatic nitrogens is 2. The van der Waals surface area contributed by atoms with Crippen molar-refractivity contribution >= 4 is 22.5 Å². The maximum Gasteiger partial charge on any atom is 0.255 e. The van der Waals surface area contributed by atoms with Gasteiger partial charge < -0.3 is 5.32 Å². The van der Waals surface area contributed by atoms with Gasteiger partial charge in [-0.15, -0.1) is 0 Å². The second-order valence-corrected chi connectivity index (χ2v) is 3.99. The van der Waals surface area contributed by atoms with Gasteiger partial charge in [-0.25, -0.2) is 0 Å². The number of amides is 1. The van der Waals surface area contributed by atoms with E-state index in [0.717, 1.165) is 16.6 Å². The number of anilines is 1. The van der Waals surface area contributed by atoms with E-state index in [9.17, 15) is 4.79 Å². The molecule has 3 aromatic rings. The van der Waals surface area contributed by atoms with E-state index in [0.29, 0.717) is 5.56 Å². The van der Waals surface area contributed by atoms with E-state index in [1.807, 2.05) is 36.4 Å². The zero-order valence-electron chi connectivity index (χ0n) is 9.55. The first kappa shape index (κ1) is 10.5. The Bertz CT molecular complexity index is 688. The molecule has 1 aromatic heterocycles. The summed E-state index contributed by atoms with van der Waals surface area (Å²) >= 11 is 0. The average Bonchev–Trinajstić information content (AvgIpc) is 2.87. The molecule has 0 aliphatic rings. The van der Waals surface area contributed by atoms with Crippen LogP contribution in [-0.4, -0.2) is 16.1 Å². The van der Waals surface area contributed by atoms with Gasteiger partial charge in [0.15, 0.2) is 0 Å². The third-order valence-electron chi connectivity index (χ3n) is 2.74. The molecule has 0 aliphatic carbocycles. The van der Waals surface area contributed by atoms with E-state index in [-0.39, 0.29) is 5.91 Å². The number of fused-ring (bicyclic) bond motifs is 1. The minimum absolute atomic E-state index is 0.116. The maximum atomic E-state index is 12.0. The second-order valence-electron chi connectivity index (χ2n) is 3.99. The Hall–Kier alpha value is -2.62. The van der Waals surface area contributed by atoms with Gasteiger partial charge in [0.25, 0.3) is 5.91 Å². The van der Waals surface area contributed by atoms with Crippen LogP contribution in [0.1, 0.15) is 10.4 Å². The van der Waals surface area contributed by atoms with Gasteiger partial charge >= 0.3 is 0 Å². The fourth-order valence-corrected chi connectivity index (χ4v) is 1.81. The fraction of sp³-hybridized carbons (Fsp3) is 0. The number of carbonyl (C=O) groups excluding carboxylic acids is 1. The molecular formula is C14H11N3O. The standard InChI is InChI=1S/C14H11N3O/c18-14(10-4-2-1-3-5-10)16-12-7-6-11-9-15-17-13(11)8-12/h1-9H,(H,15,17)(H,16,18). The lowest BCUT2D eigenvalue weighted by atomic mass is 10.2. The van der Waals surface area contributed by atoms with E-state index in [4.69, 9.17) is 0 Å². The Labute approximate surface area is 104 Å². The third kappa shape index (κ3) is 1.96. The predicted molar refractivity (Wildman–Crippen MR) is 70.5 cm³/mol. The van der Waals surface area contributed by atoms with Crippen molar-refractivity contribution < 1.29 is 4.79 Å². The van der Waals surface area contributed by atoms with Crippen LogP contribution in [0.2, 0.25) is 0 Å². The molecule has 1 amide bonds. The van der Waals surface area contributed by atoms with Crippen LogP contribution in [0.4, 0.5) is 5.69 Å². The van der Waals surface area contributed by atoms with Gasteiger partial charge in [0, 0.05) is 16.6 Å². The SMILES string of the molecule is O=C(Nc1ccc2cn[nH]c2c1)c1ccccc1. The zero-order valence-corrected chi connectivity index (χ0v) is 9.55. The first-order valence-corrected chi connectivity index (χ1v) is 5.62. The summed E-state index contributed by atoms with van der Waals surface area (Å²) in [4.78, 5) is 12.0. The van der Waals surface area contributed by atoms with Crippen molar-refractivity contribution in [2.24, 2.45) is 0 Å². The summed E-state index contributed by atoms with van der Waals surface area (Å²) < 4.78 is 0. The summed E-state index contributed by atoms with van der Waals surface area (Å²) in [6, 6.07) is 14.8. The molecule has 0 atom stereocenters. The van der Waals surface area contributed by atoms with Crippen molar-refractivity contribution in [3.05, 3.63) is 60.3 Å². The topological polar surface area (TPSA) is 57.8 Å². The molecule has 0 fully saturated rings. The molecule has 3 rings (SSSR count). The average molecular weight is 237 g/mol. The van der Waals surface area contributed by atoms with Gasteiger partial charge in [0.05, 0.1) is 11.7 Å². The predicted octanol–water partition coefficient (Wildman–Crippen LogP) is 2.82. The number of rotatable bonds is 2. The van der Waals surface area contributed by atoms with Gasteiger partial charge in [-0.05, 0) is 30.3 Å². The van der Waals surface area contributed by atoms with Crippen LogP contribution in [0.25, 0.3) is 10.9 Å². The van der Waals surface area contributed by atoms with E-state index in [2.05, 4.69) is 15.5 Å². The van der Waals surface area contributed by atoms with Gasteiger partial charge in [-0.1, -0.05) is 18.2 Å². The summed E-state index contributed by atoms with van der Waals surface area (Å²) in [7, 11) is 0. The van der Waals surface area contributed by atoms with Crippen LogP contribution in [0, 0.1) is 0 Å². The van der Waals surface area contributed by atoms with E-state index >= 15 is 0 Å². The second kappa shape index (κ2) is 4.33. The number of nitrogens with one attached hydrogen (secondary N) is 2. The number of nitrogens with zero attached hydrogens (tertiary/aromatic N) is 1. The van der Waals surface area contributed by atoms with Crippen LogP contribution in [0.3, 0.4) is 0 Å². The number of hydrogen-bond acceptors (Lipinski definition) is 2. The monoisotopic (exact) mass is 237 g/mol. The zero-order chi connectivity index (χ0) is 12.4. The Morgan fingerprint density at radius 1 is 1.11 bits per heavy atom. The molecule has 0 spiro atoms. The maximum absolute atomic E-state index is 12.0. The lowest BCUT2D eigenvalue weighted by Gasteiger charge is -2.04. The summed E-state index contributed by atoms with van der Waals surface area (Å²) in [5.41, 5.74) is 2.30. The Morgan fingerprint density at radius 2 is 1.94 bits per heavy atom. The van der Waals surface area contributed by atoms with Crippen LogP contribution in [0.15, 0.2) is 54.7 Å². The van der Waals surface area contributed by atoms with Crippen molar-refractivity contribution in [3.8, 4) is 0 Å². The normalized spacial score (nSPS) is 10.4. The number of aromatic amines is 1. The van der Waals surface area contributed by atoms with Crippen LogP contribution in [-0.2, 0) is 0 Å². The number of carbonyl (C=O) groups is 1. The Morgan fingerprint density at radius 3 is 2.78 bits per heavy atom. The molecule has 1 heterocycles. The van der Waals surface area contributed by atoms with E-state index < -0.39 is 0 Å². The van der Waals surface area contributed by atoms with Crippen molar-refractivity contribution in [2.75, 3.05) is 5.32 Å². The highest BCUT2D eigenvalue weighted by molar-refractivity contribution is 6.04.